The predicted octanol–water partition coefficient (Wildman–Crippen LogP) is 5.86. The Labute approximate surface area is 185 Å². The lowest BCUT2D eigenvalue weighted by molar-refractivity contribution is -0.115. The number of carbonyl (C=O) groups is 1. The summed E-state index contributed by atoms with van der Waals surface area (Å²) in [5.41, 5.74) is 3.17. The number of anilines is 1. The molecule has 0 fully saturated rings. The molecule has 0 saturated carbocycles. The number of amides is 1. The topological polar surface area (TPSA) is 47.6 Å². The number of methoxy groups -OCH3 is 1. The molecule has 6 heteroatoms. The van der Waals surface area contributed by atoms with E-state index in [0.717, 1.165) is 16.7 Å². The third kappa shape index (κ3) is 5.27. The number of rotatable bonds is 7. The first-order valence-corrected chi connectivity index (χ1v) is 9.85. The fraction of sp³-hybridized carbons (Fsp3) is 0.125. The number of terminal acetylenes is 1. The number of hydrogen-bond acceptors (Lipinski definition) is 3. The van der Waals surface area contributed by atoms with Crippen LogP contribution in [0.2, 0.25) is 10.0 Å². The SMILES string of the molecule is C#CCOc1ccc(-c2ccccc2NC(=O)Cc2ccc(Cl)c(Cl)c2)cc1OC. The summed E-state index contributed by atoms with van der Waals surface area (Å²) in [6.45, 7) is 0.150. The van der Waals surface area contributed by atoms with Crippen molar-refractivity contribution in [2.24, 2.45) is 0 Å². The number of ether oxygens (including phenoxy) is 2. The van der Waals surface area contributed by atoms with Crippen molar-refractivity contribution >= 4 is 34.8 Å². The van der Waals surface area contributed by atoms with Crippen LogP contribution in [0.4, 0.5) is 5.69 Å². The largest absolute Gasteiger partial charge is 0.493 e. The van der Waals surface area contributed by atoms with Gasteiger partial charge in [-0.3, -0.25) is 4.79 Å². The highest BCUT2D eigenvalue weighted by Crippen LogP contribution is 2.35. The molecule has 0 aromatic heterocycles. The smallest absolute Gasteiger partial charge is 0.228 e. The molecule has 0 aliphatic carbocycles. The lowest BCUT2D eigenvalue weighted by Crippen LogP contribution is -2.15. The molecular weight excluding hydrogens is 421 g/mol. The van der Waals surface area contributed by atoms with E-state index in [1.807, 2.05) is 36.4 Å². The van der Waals surface area contributed by atoms with Gasteiger partial charge in [0.1, 0.15) is 6.61 Å². The Hall–Kier alpha value is -3.13. The standard InChI is InChI=1S/C24H19Cl2NO3/c1-3-12-30-22-11-9-17(15-23(22)29-2)18-6-4-5-7-21(18)27-24(28)14-16-8-10-19(25)20(26)13-16/h1,4-11,13,15H,12,14H2,2H3,(H,27,28). The Bertz CT molecular complexity index is 1110. The molecule has 0 aliphatic heterocycles. The first-order chi connectivity index (χ1) is 14.5. The van der Waals surface area contributed by atoms with Gasteiger partial charge in [-0.25, -0.2) is 0 Å². The van der Waals surface area contributed by atoms with Gasteiger partial charge in [0, 0.05) is 11.3 Å². The summed E-state index contributed by atoms with van der Waals surface area (Å²) < 4.78 is 10.9. The number of para-hydroxylation sites is 1. The summed E-state index contributed by atoms with van der Waals surface area (Å²) >= 11 is 12.0. The van der Waals surface area contributed by atoms with Crippen molar-refractivity contribution in [2.45, 2.75) is 6.42 Å². The van der Waals surface area contributed by atoms with E-state index in [1.54, 1.807) is 31.4 Å². The second-order valence-electron chi connectivity index (χ2n) is 6.38. The highest BCUT2D eigenvalue weighted by molar-refractivity contribution is 6.42. The lowest BCUT2D eigenvalue weighted by atomic mass is 10.0. The van der Waals surface area contributed by atoms with Gasteiger partial charge in [0.2, 0.25) is 5.91 Å². The van der Waals surface area contributed by atoms with Crippen molar-refractivity contribution in [3.05, 3.63) is 76.3 Å². The van der Waals surface area contributed by atoms with Gasteiger partial charge in [-0.15, -0.1) is 6.42 Å². The highest BCUT2D eigenvalue weighted by atomic mass is 35.5. The van der Waals surface area contributed by atoms with Gasteiger partial charge < -0.3 is 14.8 Å². The molecule has 3 aromatic carbocycles. The quantitative estimate of drug-likeness (QED) is 0.468. The van der Waals surface area contributed by atoms with Crippen LogP contribution in [-0.2, 0) is 11.2 Å². The normalized spacial score (nSPS) is 10.2. The zero-order chi connectivity index (χ0) is 21.5. The zero-order valence-corrected chi connectivity index (χ0v) is 17.8. The molecule has 0 saturated heterocycles. The van der Waals surface area contributed by atoms with Crippen LogP contribution in [0.5, 0.6) is 11.5 Å². The van der Waals surface area contributed by atoms with Crippen molar-refractivity contribution < 1.29 is 14.3 Å². The molecule has 0 heterocycles. The van der Waals surface area contributed by atoms with E-state index in [4.69, 9.17) is 39.1 Å². The van der Waals surface area contributed by atoms with Crippen LogP contribution < -0.4 is 14.8 Å². The van der Waals surface area contributed by atoms with Gasteiger partial charge in [-0.1, -0.05) is 59.5 Å². The number of carbonyl (C=O) groups excluding carboxylic acids is 1. The van der Waals surface area contributed by atoms with E-state index in [2.05, 4.69) is 11.2 Å². The summed E-state index contributed by atoms with van der Waals surface area (Å²) in [6, 6.07) is 18.2. The molecular formula is C24H19Cl2NO3. The second kappa shape index (κ2) is 10.1. The molecule has 0 atom stereocenters. The Balaban J connectivity index is 1.83. The molecule has 4 nitrogen and oxygen atoms in total. The maximum atomic E-state index is 12.6. The summed E-state index contributed by atoms with van der Waals surface area (Å²) in [6.07, 6.45) is 5.43. The van der Waals surface area contributed by atoms with Crippen LogP contribution in [0.3, 0.4) is 0 Å². The van der Waals surface area contributed by atoms with Crippen LogP contribution in [0.15, 0.2) is 60.7 Å². The minimum atomic E-state index is -0.165. The van der Waals surface area contributed by atoms with Gasteiger partial charge in [0.25, 0.3) is 0 Å². The minimum Gasteiger partial charge on any atom is -0.493 e. The van der Waals surface area contributed by atoms with Gasteiger partial charge in [-0.05, 0) is 41.5 Å². The summed E-state index contributed by atoms with van der Waals surface area (Å²) in [4.78, 5) is 12.6. The molecule has 0 spiro atoms. The average molecular weight is 440 g/mol. The molecule has 3 aromatic rings. The molecule has 1 N–H and O–H groups in total. The van der Waals surface area contributed by atoms with Crippen molar-refractivity contribution in [3.63, 3.8) is 0 Å². The fourth-order valence-electron chi connectivity index (χ4n) is 2.95. The molecule has 0 bridgehead atoms. The van der Waals surface area contributed by atoms with Crippen LogP contribution in [-0.4, -0.2) is 19.6 Å². The van der Waals surface area contributed by atoms with Crippen molar-refractivity contribution in [1.82, 2.24) is 0 Å². The molecule has 0 unspecified atom stereocenters. The van der Waals surface area contributed by atoms with Gasteiger partial charge in [0.05, 0.1) is 23.6 Å². The summed E-state index contributed by atoms with van der Waals surface area (Å²) in [5, 5.41) is 3.84. The van der Waals surface area contributed by atoms with E-state index >= 15 is 0 Å². The van der Waals surface area contributed by atoms with Crippen molar-refractivity contribution in [2.75, 3.05) is 19.0 Å². The molecule has 0 radical (unpaired) electrons. The van der Waals surface area contributed by atoms with Gasteiger partial charge in [0.15, 0.2) is 11.5 Å². The first kappa shape index (κ1) is 21.6. The maximum absolute atomic E-state index is 12.6. The Morgan fingerprint density at radius 2 is 1.83 bits per heavy atom. The third-order valence-electron chi connectivity index (χ3n) is 4.34. The number of halogens is 2. The summed E-state index contributed by atoms with van der Waals surface area (Å²) in [7, 11) is 1.56. The van der Waals surface area contributed by atoms with Crippen molar-refractivity contribution in [3.8, 4) is 35.0 Å². The van der Waals surface area contributed by atoms with E-state index in [-0.39, 0.29) is 18.9 Å². The monoisotopic (exact) mass is 439 g/mol. The lowest BCUT2D eigenvalue weighted by Gasteiger charge is -2.14. The van der Waals surface area contributed by atoms with E-state index in [9.17, 15) is 4.79 Å². The maximum Gasteiger partial charge on any atom is 0.228 e. The second-order valence-corrected chi connectivity index (χ2v) is 7.19. The van der Waals surface area contributed by atoms with E-state index in [0.29, 0.717) is 27.2 Å². The summed E-state index contributed by atoms with van der Waals surface area (Å²) in [5.74, 6) is 3.38. The molecule has 3 rings (SSSR count). The van der Waals surface area contributed by atoms with E-state index < -0.39 is 0 Å². The predicted molar refractivity (Wildman–Crippen MR) is 122 cm³/mol. The number of hydrogen-bond donors (Lipinski definition) is 1. The molecule has 1 amide bonds. The average Bonchev–Trinajstić information content (AvgIpc) is 2.75. The van der Waals surface area contributed by atoms with Crippen molar-refractivity contribution in [1.29, 1.82) is 0 Å². The van der Waals surface area contributed by atoms with Gasteiger partial charge >= 0.3 is 0 Å². The fourth-order valence-corrected chi connectivity index (χ4v) is 3.27. The molecule has 0 aliphatic rings. The van der Waals surface area contributed by atoms with Crippen LogP contribution in [0.1, 0.15) is 5.56 Å². The Morgan fingerprint density at radius 1 is 1.03 bits per heavy atom. The first-order valence-electron chi connectivity index (χ1n) is 9.09. The van der Waals surface area contributed by atoms with Crippen LogP contribution in [0, 0.1) is 12.3 Å². The Morgan fingerprint density at radius 3 is 2.57 bits per heavy atom. The van der Waals surface area contributed by atoms with Gasteiger partial charge in [-0.2, -0.15) is 0 Å². The highest BCUT2D eigenvalue weighted by Gasteiger charge is 2.12. The number of benzene rings is 3. The minimum absolute atomic E-state index is 0.150. The van der Waals surface area contributed by atoms with Crippen LogP contribution in [0.25, 0.3) is 11.1 Å². The Kier molecular flexibility index (Phi) is 7.24. The van der Waals surface area contributed by atoms with E-state index in [1.165, 1.54) is 0 Å². The van der Waals surface area contributed by atoms with Crippen LogP contribution >= 0.6 is 23.2 Å². The number of nitrogens with one attached hydrogen (secondary N) is 1. The third-order valence-corrected chi connectivity index (χ3v) is 5.07. The molecule has 152 valence electrons. The zero-order valence-electron chi connectivity index (χ0n) is 16.2. The molecule has 30 heavy (non-hydrogen) atoms.